The smallest absolute Gasteiger partial charge is 0.228 e. The summed E-state index contributed by atoms with van der Waals surface area (Å²) >= 11 is 7.55. The van der Waals surface area contributed by atoms with Crippen molar-refractivity contribution < 1.29 is 14.3 Å². The van der Waals surface area contributed by atoms with Gasteiger partial charge < -0.3 is 14.8 Å². The Hall–Kier alpha value is -3.35. The quantitative estimate of drug-likeness (QED) is 0.347. The number of rotatable bonds is 7. The van der Waals surface area contributed by atoms with Crippen molar-refractivity contribution in [1.82, 2.24) is 4.98 Å². The number of nitrogens with one attached hydrogen (secondary N) is 1. The Bertz CT molecular complexity index is 1220. The number of halogens is 1. The van der Waals surface area contributed by atoms with Crippen LogP contribution < -0.4 is 14.8 Å². The predicted molar refractivity (Wildman–Crippen MR) is 130 cm³/mol. The van der Waals surface area contributed by atoms with Crippen molar-refractivity contribution in [1.29, 1.82) is 0 Å². The van der Waals surface area contributed by atoms with Crippen LogP contribution in [0.1, 0.15) is 5.56 Å². The lowest BCUT2D eigenvalue weighted by atomic mass is 10.1. The molecule has 5 nitrogen and oxygen atoms in total. The molecule has 3 aromatic carbocycles. The monoisotopic (exact) mass is 464 g/mol. The predicted octanol–water partition coefficient (Wildman–Crippen LogP) is 6.33. The lowest BCUT2D eigenvalue weighted by molar-refractivity contribution is -0.115. The highest BCUT2D eigenvalue weighted by Crippen LogP contribution is 2.30. The third-order valence-electron chi connectivity index (χ3n) is 4.87. The second kappa shape index (κ2) is 9.85. The molecule has 4 rings (SSSR count). The molecule has 4 aromatic rings. The van der Waals surface area contributed by atoms with E-state index in [9.17, 15) is 4.79 Å². The van der Waals surface area contributed by atoms with E-state index in [1.807, 2.05) is 66.0 Å². The van der Waals surface area contributed by atoms with Crippen molar-refractivity contribution in [2.24, 2.45) is 0 Å². The van der Waals surface area contributed by atoms with E-state index in [1.165, 1.54) is 0 Å². The van der Waals surface area contributed by atoms with E-state index in [1.54, 1.807) is 31.6 Å². The average molecular weight is 465 g/mol. The van der Waals surface area contributed by atoms with Crippen LogP contribution in [-0.4, -0.2) is 25.1 Å². The van der Waals surface area contributed by atoms with Crippen LogP contribution in [0.5, 0.6) is 11.5 Å². The van der Waals surface area contributed by atoms with Crippen LogP contribution >= 0.6 is 22.9 Å². The van der Waals surface area contributed by atoms with E-state index < -0.39 is 0 Å². The van der Waals surface area contributed by atoms with Crippen LogP contribution in [0.2, 0.25) is 5.02 Å². The standard InChI is InChI=1S/C25H21ClN2O3S/c1-30-22-12-3-16(13-23(22)31-2)14-24(29)27-20-10-6-17(7-11-20)21-15-32-25(28-21)18-4-8-19(26)9-5-18/h3-13,15H,14H2,1-2H3,(H,27,29). The lowest BCUT2D eigenvalue weighted by Crippen LogP contribution is -2.14. The molecule has 1 N–H and O–H groups in total. The first-order chi connectivity index (χ1) is 15.6. The molecule has 0 aliphatic heterocycles. The van der Waals surface area contributed by atoms with Gasteiger partial charge in [-0.15, -0.1) is 11.3 Å². The van der Waals surface area contributed by atoms with Gasteiger partial charge in [-0.2, -0.15) is 0 Å². The van der Waals surface area contributed by atoms with E-state index >= 15 is 0 Å². The van der Waals surface area contributed by atoms with E-state index in [0.717, 1.165) is 33.1 Å². The Balaban J connectivity index is 1.41. The molecule has 7 heteroatoms. The van der Waals surface area contributed by atoms with Gasteiger partial charge >= 0.3 is 0 Å². The largest absolute Gasteiger partial charge is 0.493 e. The van der Waals surface area contributed by atoms with Crippen molar-refractivity contribution in [2.45, 2.75) is 6.42 Å². The Morgan fingerprint density at radius 1 is 0.938 bits per heavy atom. The fourth-order valence-corrected chi connectivity index (χ4v) is 4.20. The van der Waals surface area contributed by atoms with Gasteiger partial charge in [0.25, 0.3) is 0 Å². The molecule has 0 atom stereocenters. The number of anilines is 1. The van der Waals surface area contributed by atoms with Crippen LogP contribution in [0.15, 0.2) is 72.1 Å². The maximum Gasteiger partial charge on any atom is 0.228 e. The van der Waals surface area contributed by atoms with Gasteiger partial charge in [0.15, 0.2) is 11.5 Å². The first-order valence-corrected chi connectivity index (χ1v) is 11.1. The van der Waals surface area contributed by atoms with Gasteiger partial charge in [-0.1, -0.05) is 41.9 Å². The summed E-state index contributed by atoms with van der Waals surface area (Å²) in [5.74, 6) is 1.13. The van der Waals surface area contributed by atoms with Crippen molar-refractivity contribution in [2.75, 3.05) is 19.5 Å². The molecule has 1 amide bonds. The van der Waals surface area contributed by atoms with Gasteiger partial charge in [0, 0.05) is 27.2 Å². The molecule has 162 valence electrons. The van der Waals surface area contributed by atoms with Gasteiger partial charge in [0.1, 0.15) is 5.01 Å². The zero-order valence-corrected chi connectivity index (χ0v) is 19.2. The summed E-state index contributed by atoms with van der Waals surface area (Å²) in [5.41, 5.74) is 4.48. The van der Waals surface area contributed by atoms with Gasteiger partial charge in [-0.25, -0.2) is 4.98 Å². The summed E-state index contributed by atoms with van der Waals surface area (Å²) in [4.78, 5) is 17.2. The summed E-state index contributed by atoms with van der Waals surface area (Å²) in [6, 6.07) is 20.7. The summed E-state index contributed by atoms with van der Waals surface area (Å²) in [5, 5.41) is 6.59. The van der Waals surface area contributed by atoms with Gasteiger partial charge in [0.05, 0.1) is 26.3 Å². The number of nitrogens with zero attached hydrogens (tertiary/aromatic N) is 1. The number of thiazole rings is 1. The Labute approximate surface area is 195 Å². The number of hydrogen-bond acceptors (Lipinski definition) is 5. The van der Waals surface area contributed by atoms with E-state index in [-0.39, 0.29) is 12.3 Å². The maximum absolute atomic E-state index is 12.5. The molecular formula is C25H21ClN2O3S. The second-order valence-corrected chi connectivity index (χ2v) is 8.33. The summed E-state index contributed by atoms with van der Waals surface area (Å²) < 4.78 is 10.5. The Morgan fingerprint density at radius 2 is 1.62 bits per heavy atom. The van der Waals surface area contributed by atoms with E-state index in [0.29, 0.717) is 16.5 Å². The van der Waals surface area contributed by atoms with Crippen molar-refractivity contribution in [3.05, 3.63) is 82.7 Å². The van der Waals surface area contributed by atoms with E-state index in [4.69, 9.17) is 26.1 Å². The van der Waals surface area contributed by atoms with Gasteiger partial charge in [0.2, 0.25) is 5.91 Å². The topological polar surface area (TPSA) is 60.5 Å². The third-order valence-corrected chi connectivity index (χ3v) is 6.02. The molecule has 0 aliphatic rings. The highest BCUT2D eigenvalue weighted by atomic mass is 35.5. The zero-order valence-electron chi connectivity index (χ0n) is 17.6. The molecule has 0 radical (unpaired) electrons. The molecule has 0 bridgehead atoms. The minimum Gasteiger partial charge on any atom is -0.493 e. The fourth-order valence-electron chi connectivity index (χ4n) is 3.24. The van der Waals surface area contributed by atoms with Crippen molar-refractivity contribution in [3.8, 4) is 33.3 Å². The first-order valence-electron chi connectivity index (χ1n) is 9.88. The summed E-state index contributed by atoms with van der Waals surface area (Å²) in [7, 11) is 3.15. The summed E-state index contributed by atoms with van der Waals surface area (Å²) in [6.45, 7) is 0. The zero-order chi connectivity index (χ0) is 22.5. The van der Waals surface area contributed by atoms with Crippen LogP contribution in [0.4, 0.5) is 5.69 Å². The summed E-state index contributed by atoms with van der Waals surface area (Å²) in [6.07, 6.45) is 0.235. The molecule has 0 aliphatic carbocycles. The molecule has 1 heterocycles. The van der Waals surface area contributed by atoms with Crippen molar-refractivity contribution in [3.63, 3.8) is 0 Å². The molecule has 0 saturated carbocycles. The highest BCUT2D eigenvalue weighted by Gasteiger charge is 2.10. The molecule has 0 unspecified atom stereocenters. The number of ether oxygens (including phenoxy) is 2. The van der Waals surface area contributed by atoms with Crippen molar-refractivity contribution >= 4 is 34.5 Å². The molecule has 1 aromatic heterocycles. The fraction of sp³-hybridized carbons (Fsp3) is 0.120. The van der Waals surface area contributed by atoms with Crippen LogP contribution in [-0.2, 0) is 11.2 Å². The SMILES string of the molecule is COc1ccc(CC(=O)Nc2ccc(-c3csc(-c4ccc(Cl)cc4)n3)cc2)cc1OC. The number of carbonyl (C=O) groups is 1. The maximum atomic E-state index is 12.5. The molecular weight excluding hydrogens is 444 g/mol. The Morgan fingerprint density at radius 3 is 2.31 bits per heavy atom. The molecule has 0 spiro atoms. The van der Waals surface area contributed by atoms with Crippen LogP contribution in [0.3, 0.4) is 0 Å². The minimum atomic E-state index is -0.108. The number of benzene rings is 3. The van der Waals surface area contributed by atoms with Gasteiger partial charge in [-0.05, 0) is 42.0 Å². The highest BCUT2D eigenvalue weighted by molar-refractivity contribution is 7.13. The van der Waals surface area contributed by atoms with Crippen LogP contribution in [0.25, 0.3) is 21.8 Å². The molecule has 32 heavy (non-hydrogen) atoms. The normalized spacial score (nSPS) is 10.6. The number of methoxy groups -OCH3 is 2. The lowest BCUT2D eigenvalue weighted by Gasteiger charge is -2.10. The number of aromatic nitrogens is 1. The first kappa shape index (κ1) is 21.9. The number of amides is 1. The minimum absolute atomic E-state index is 0.108. The average Bonchev–Trinajstić information content (AvgIpc) is 3.30. The molecule has 0 fully saturated rings. The van der Waals surface area contributed by atoms with Gasteiger partial charge in [-0.3, -0.25) is 4.79 Å². The molecule has 0 saturated heterocycles. The second-order valence-electron chi connectivity index (χ2n) is 7.04. The number of hydrogen-bond donors (Lipinski definition) is 1. The number of carbonyl (C=O) groups excluding carboxylic acids is 1. The Kier molecular flexibility index (Phi) is 6.73. The van der Waals surface area contributed by atoms with Crippen LogP contribution in [0, 0.1) is 0 Å². The van der Waals surface area contributed by atoms with E-state index in [2.05, 4.69) is 5.32 Å². The third kappa shape index (κ3) is 5.10.